The summed E-state index contributed by atoms with van der Waals surface area (Å²) in [5, 5.41) is 6.17. The Hall–Kier alpha value is -1.50. The molecule has 0 N–H and O–H groups in total. The molecule has 0 amide bonds. The molecule has 0 aliphatic carbocycles. The molecule has 3 heterocycles. The number of unbranched alkanes of at least 4 members (excludes halogenated alkanes) is 56. The van der Waals surface area contributed by atoms with Gasteiger partial charge in [-0.2, -0.15) is 0 Å². The lowest BCUT2D eigenvalue weighted by molar-refractivity contribution is -0.0602. The maximum absolute atomic E-state index is 7.25. The molecule has 0 aliphatic rings. The Balaban J connectivity index is 1.45. The van der Waals surface area contributed by atoms with Gasteiger partial charge in [-0.15, -0.1) is 34.0 Å². The summed E-state index contributed by atoms with van der Waals surface area (Å²) < 4.78 is 15.9. The van der Waals surface area contributed by atoms with Crippen LogP contribution in [0.2, 0.25) is 0 Å². The maximum atomic E-state index is 7.25. The van der Waals surface area contributed by atoms with E-state index in [4.69, 9.17) is 9.47 Å². The molecular weight excluding hydrogens is 1210 g/mol. The van der Waals surface area contributed by atoms with E-state index in [1.165, 1.54) is 427 Å². The zero-order valence-corrected chi connectivity index (χ0v) is 66.8. The average Bonchev–Trinajstić information content (AvgIpc) is 1.65. The fraction of sp³-hybridized carbons (Fsp3) is 0.822. The van der Waals surface area contributed by atoms with E-state index in [-0.39, 0.29) is 11.2 Å². The molecule has 3 aromatic heterocycles. The lowest BCUT2D eigenvalue weighted by atomic mass is 9.82. The van der Waals surface area contributed by atoms with Crippen LogP contribution < -0.4 is 0 Å². The summed E-state index contributed by atoms with van der Waals surface area (Å²) in [4.78, 5) is 4.33. The van der Waals surface area contributed by atoms with Crippen molar-refractivity contribution in [3.63, 3.8) is 0 Å². The molecule has 0 saturated heterocycles. The Kier molecular flexibility index (Phi) is 54.4. The van der Waals surface area contributed by atoms with Crippen LogP contribution in [0.3, 0.4) is 0 Å². The van der Waals surface area contributed by atoms with Gasteiger partial charge in [-0.25, -0.2) is 0 Å². The molecule has 0 bridgehead atoms. The predicted molar refractivity (Wildman–Crippen MR) is 433 cm³/mol. The third kappa shape index (κ3) is 38.9. The molecule has 0 fully saturated rings. The van der Waals surface area contributed by atoms with Crippen LogP contribution in [-0.4, -0.2) is 13.2 Å². The molecule has 0 spiro atoms. The van der Waals surface area contributed by atoms with Gasteiger partial charge < -0.3 is 9.47 Å². The molecule has 5 heteroatoms. The van der Waals surface area contributed by atoms with Crippen LogP contribution >= 0.6 is 34.0 Å². The number of hydrogen-bond donors (Lipinski definition) is 0. The highest BCUT2D eigenvalue weighted by molar-refractivity contribution is 7.25. The summed E-state index contributed by atoms with van der Waals surface area (Å²) >= 11 is 5.96. The van der Waals surface area contributed by atoms with Gasteiger partial charge in [-0.3, -0.25) is 0 Å². The molecule has 4 aromatic rings. The predicted octanol–water partition coefficient (Wildman–Crippen LogP) is 33.9. The van der Waals surface area contributed by atoms with Crippen LogP contribution in [0.15, 0.2) is 47.2 Å². The quantitative estimate of drug-likeness (QED) is 0.0410. The van der Waals surface area contributed by atoms with E-state index in [9.17, 15) is 0 Å². The van der Waals surface area contributed by atoms with E-state index in [0.717, 1.165) is 38.9 Å². The minimum atomic E-state index is -0.236. The third-order valence-electron chi connectivity index (χ3n) is 21.9. The maximum Gasteiger partial charge on any atom is 0.0945 e. The summed E-state index contributed by atoms with van der Waals surface area (Å²) in [6.45, 7) is 15.4. The zero-order valence-electron chi connectivity index (χ0n) is 64.3. The van der Waals surface area contributed by atoms with Crippen molar-refractivity contribution >= 4 is 44.1 Å². The molecule has 95 heavy (non-hydrogen) atoms. The second-order valence-corrected chi connectivity index (χ2v) is 33.3. The average molecular weight is 1370 g/mol. The molecule has 0 atom stereocenters. The van der Waals surface area contributed by atoms with Gasteiger partial charge in [0.05, 0.1) is 16.1 Å². The number of benzene rings is 1. The summed E-state index contributed by atoms with van der Waals surface area (Å²) in [5.74, 6) is 0. The first-order chi connectivity index (χ1) is 47.0. The van der Waals surface area contributed by atoms with Crippen molar-refractivity contribution in [1.82, 2.24) is 0 Å². The van der Waals surface area contributed by atoms with Crippen LogP contribution in [0.4, 0.5) is 0 Å². The van der Waals surface area contributed by atoms with E-state index in [1.807, 2.05) is 34.0 Å². The van der Waals surface area contributed by atoms with Crippen molar-refractivity contribution in [2.24, 2.45) is 0 Å². The normalized spacial score (nSPS) is 12.2. The molecule has 2 nitrogen and oxygen atoms in total. The van der Waals surface area contributed by atoms with E-state index in [0.29, 0.717) is 0 Å². The van der Waals surface area contributed by atoms with Crippen LogP contribution in [0.1, 0.15) is 464 Å². The Morgan fingerprint density at radius 1 is 0.263 bits per heavy atom. The molecule has 0 radical (unpaired) electrons. The largest absolute Gasteiger partial charge is 0.371 e. The molecule has 0 unspecified atom stereocenters. The van der Waals surface area contributed by atoms with Crippen LogP contribution in [-0.2, 0) is 20.7 Å². The standard InChI is InChI=1S/C90H158O2S3/c1-7-13-17-21-25-29-33-37-41-45-49-53-57-61-65-73-89(91-11-5,74-66-62-58-54-50-46-42-38-34-30-26-22-18-14-8-2)83-71-77-93-87(83)82-70-69-81-79-86(95-85(81)80-82)88-84(72-78-94-88)90(92-12-6,75-67-63-59-55-51-47-43-39-35-31-27-23-19-15-9-3)76-68-64-60-56-52-48-44-40-36-32-28-24-20-16-10-4/h69-72,77-80H,7-68,73-76H2,1-6H3. The minimum absolute atomic E-state index is 0.230. The topological polar surface area (TPSA) is 18.5 Å². The van der Waals surface area contributed by atoms with Crippen molar-refractivity contribution < 1.29 is 9.47 Å². The first-order valence-electron chi connectivity index (χ1n) is 43.0. The molecular formula is C90H158O2S3. The van der Waals surface area contributed by atoms with Crippen molar-refractivity contribution in [3.05, 3.63) is 58.3 Å². The van der Waals surface area contributed by atoms with E-state index in [2.05, 4.69) is 88.7 Å². The summed E-state index contributed by atoms with van der Waals surface area (Å²) in [5.41, 5.74) is 3.86. The molecule has 4 rings (SSSR count). The smallest absolute Gasteiger partial charge is 0.0945 e. The Morgan fingerprint density at radius 3 is 0.768 bits per heavy atom. The van der Waals surface area contributed by atoms with Crippen LogP contribution in [0, 0.1) is 0 Å². The van der Waals surface area contributed by atoms with Crippen LogP contribution in [0.25, 0.3) is 30.3 Å². The lowest BCUT2D eigenvalue weighted by Crippen LogP contribution is -2.30. The van der Waals surface area contributed by atoms with Gasteiger partial charge in [0.2, 0.25) is 0 Å². The van der Waals surface area contributed by atoms with Gasteiger partial charge in [0.15, 0.2) is 0 Å². The van der Waals surface area contributed by atoms with Gasteiger partial charge in [-0.1, -0.05) is 425 Å². The zero-order chi connectivity index (χ0) is 67.5. The number of rotatable bonds is 72. The molecule has 548 valence electrons. The SMILES string of the molecule is CCCCCCCCCCCCCCCCCC(CCCCCCCCCCCCCCCCC)(OCC)c1ccsc1-c1ccc2cc(-c3sccc3C(CCCCCCCCCCCCCCCCC)(CCCCCCCCCCCCCCCCC)OCC)sc2c1. The number of thiophene rings is 3. The first-order valence-corrected chi connectivity index (χ1v) is 45.6. The van der Waals surface area contributed by atoms with E-state index < -0.39 is 0 Å². The summed E-state index contributed by atoms with van der Waals surface area (Å²) in [6.07, 6.45) is 88.8. The number of hydrogen-bond acceptors (Lipinski definition) is 5. The minimum Gasteiger partial charge on any atom is -0.371 e. The van der Waals surface area contributed by atoms with Crippen LogP contribution in [0.5, 0.6) is 0 Å². The van der Waals surface area contributed by atoms with Gasteiger partial charge in [-0.05, 0) is 85.5 Å². The highest BCUT2D eigenvalue weighted by atomic mass is 32.1. The monoisotopic (exact) mass is 1370 g/mol. The number of fused-ring (bicyclic) bond motifs is 1. The fourth-order valence-corrected chi connectivity index (χ4v) is 19.2. The summed E-state index contributed by atoms with van der Waals surface area (Å²) in [7, 11) is 0. The lowest BCUT2D eigenvalue weighted by Gasteiger charge is -2.35. The Morgan fingerprint density at radius 2 is 0.505 bits per heavy atom. The van der Waals surface area contributed by atoms with Crippen molar-refractivity contribution in [2.75, 3.05) is 13.2 Å². The highest BCUT2D eigenvalue weighted by Gasteiger charge is 2.37. The van der Waals surface area contributed by atoms with Crippen molar-refractivity contribution in [1.29, 1.82) is 0 Å². The summed E-state index contributed by atoms with van der Waals surface area (Å²) in [6, 6.07) is 15.0. The van der Waals surface area contributed by atoms with Crippen molar-refractivity contribution in [3.8, 4) is 20.2 Å². The van der Waals surface area contributed by atoms with Crippen molar-refractivity contribution in [2.45, 2.75) is 464 Å². The second-order valence-electron chi connectivity index (χ2n) is 30.3. The second kappa shape index (κ2) is 60.1. The molecule has 0 saturated carbocycles. The third-order valence-corrected chi connectivity index (χ3v) is 25.1. The van der Waals surface area contributed by atoms with E-state index in [1.54, 1.807) is 0 Å². The van der Waals surface area contributed by atoms with Gasteiger partial charge in [0.25, 0.3) is 0 Å². The molecule has 1 aromatic carbocycles. The van der Waals surface area contributed by atoms with Gasteiger partial charge in [0.1, 0.15) is 0 Å². The Labute approximate surface area is 604 Å². The molecule has 0 aliphatic heterocycles. The first kappa shape index (κ1) is 85.9. The fourth-order valence-electron chi connectivity index (χ4n) is 15.9. The van der Waals surface area contributed by atoms with Gasteiger partial charge in [0, 0.05) is 38.8 Å². The Bertz CT molecular complexity index is 2080. The van der Waals surface area contributed by atoms with E-state index >= 15 is 0 Å². The highest BCUT2D eigenvalue weighted by Crippen LogP contribution is 2.50. The van der Waals surface area contributed by atoms with Gasteiger partial charge >= 0.3 is 0 Å². The number of ether oxygens (including phenoxy) is 2.